The monoisotopic (exact) mass is 179 g/mol. The van der Waals surface area contributed by atoms with Crippen LogP contribution in [0, 0.1) is 0 Å². The fraction of sp³-hybridized carbons (Fsp3) is 0.750. The average molecular weight is 180 g/mol. The van der Waals surface area contributed by atoms with Crippen molar-refractivity contribution in [3.05, 3.63) is 10.4 Å². The molecule has 0 aliphatic heterocycles. The highest BCUT2D eigenvalue weighted by atomic mass is 35.5. The molecular formula is C4H6ClN3O3. The molecule has 0 N–H and O–H groups in total. The van der Waals surface area contributed by atoms with Crippen molar-refractivity contribution in [2.45, 2.75) is 0 Å². The van der Waals surface area contributed by atoms with E-state index in [9.17, 15) is 4.79 Å². The first-order valence-corrected chi connectivity index (χ1v) is 3.21. The Balaban J connectivity index is 3.23. The summed E-state index contributed by atoms with van der Waals surface area (Å²) in [6.07, 6.45) is -0.867. The van der Waals surface area contributed by atoms with Crippen LogP contribution < -0.4 is 0 Å². The zero-order valence-electron chi connectivity index (χ0n) is 5.57. The summed E-state index contributed by atoms with van der Waals surface area (Å²) in [6, 6.07) is -0.250. The number of rotatable bonds is 4. The summed E-state index contributed by atoms with van der Waals surface area (Å²) < 4.78 is 8.57. The second-order valence-corrected chi connectivity index (χ2v) is 1.52. The number of alkyl halides is 1. The van der Waals surface area contributed by atoms with Crippen LogP contribution in [0.3, 0.4) is 0 Å². The van der Waals surface area contributed by atoms with Crippen LogP contribution in [0.4, 0.5) is 4.79 Å². The molecule has 0 amide bonds. The van der Waals surface area contributed by atoms with E-state index in [2.05, 4.69) is 19.5 Å². The maximum atomic E-state index is 10.3. The maximum absolute atomic E-state index is 10.3. The van der Waals surface area contributed by atoms with Gasteiger partial charge < -0.3 is 9.47 Å². The number of ether oxygens (including phenoxy) is 2. The van der Waals surface area contributed by atoms with Gasteiger partial charge in [-0.1, -0.05) is 16.7 Å². The molecule has 0 atom stereocenters. The van der Waals surface area contributed by atoms with Crippen molar-refractivity contribution in [2.75, 3.05) is 19.2 Å². The number of carbonyl (C=O) groups excluding carboxylic acids is 1. The van der Waals surface area contributed by atoms with E-state index in [-0.39, 0.29) is 19.2 Å². The Morgan fingerprint density at radius 2 is 2.36 bits per heavy atom. The van der Waals surface area contributed by atoms with E-state index in [1.165, 1.54) is 0 Å². The Hall–Kier alpha value is -1.13. The molecule has 0 spiro atoms. The molecule has 0 unspecified atom stereocenters. The zero-order chi connectivity index (χ0) is 8.53. The summed E-state index contributed by atoms with van der Waals surface area (Å²) in [5.41, 5.74) is 7.80. The third-order valence-electron chi connectivity index (χ3n) is 0.647. The lowest BCUT2D eigenvalue weighted by Gasteiger charge is -1.99. The number of hydrogen-bond donors (Lipinski definition) is 0. The van der Waals surface area contributed by atoms with E-state index in [1.54, 1.807) is 0 Å². The first-order valence-electron chi connectivity index (χ1n) is 2.67. The summed E-state index contributed by atoms with van der Waals surface area (Å²) in [6.45, 7) is 0.0909. The number of nitrogens with zero attached hydrogens (tertiary/aromatic N) is 3. The van der Waals surface area contributed by atoms with Gasteiger partial charge in [-0.3, -0.25) is 0 Å². The first kappa shape index (κ1) is 9.87. The molecule has 0 aromatic rings. The van der Waals surface area contributed by atoms with Gasteiger partial charge in [0.1, 0.15) is 6.61 Å². The van der Waals surface area contributed by atoms with Crippen LogP contribution >= 0.6 is 11.6 Å². The first-order chi connectivity index (χ1) is 5.31. The van der Waals surface area contributed by atoms with E-state index in [0.29, 0.717) is 0 Å². The minimum Gasteiger partial charge on any atom is -0.434 e. The lowest BCUT2D eigenvalue weighted by atomic mass is 10.7. The highest BCUT2D eigenvalue weighted by Crippen LogP contribution is 1.87. The Labute approximate surface area is 67.7 Å². The SMILES string of the molecule is [N-]=[N+]=NCCOC(=O)OCCl. The van der Waals surface area contributed by atoms with Gasteiger partial charge >= 0.3 is 6.16 Å². The van der Waals surface area contributed by atoms with Crippen LogP contribution in [-0.4, -0.2) is 25.4 Å². The molecule has 0 radical (unpaired) electrons. The fourth-order valence-electron chi connectivity index (χ4n) is 0.301. The standard InChI is InChI=1S/C4H6ClN3O3/c5-3-11-4(9)10-2-1-7-8-6/h1-3H2. The Morgan fingerprint density at radius 3 is 2.91 bits per heavy atom. The van der Waals surface area contributed by atoms with Gasteiger partial charge in [0.15, 0.2) is 6.07 Å². The Morgan fingerprint density at radius 1 is 1.64 bits per heavy atom. The van der Waals surface area contributed by atoms with Crippen molar-refractivity contribution < 1.29 is 14.3 Å². The molecule has 0 rings (SSSR count). The zero-order valence-corrected chi connectivity index (χ0v) is 6.32. The molecule has 11 heavy (non-hydrogen) atoms. The molecule has 0 aliphatic carbocycles. The average Bonchev–Trinajstić information content (AvgIpc) is 1.99. The van der Waals surface area contributed by atoms with E-state index < -0.39 is 6.16 Å². The highest BCUT2D eigenvalue weighted by Gasteiger charge is 1.99. The van der Waals surface area contributed by atoms with Crippen LogP contribution in [0.15, 0.2) is 5.11 Å². The topological polar surface area (TPSA) is 84.3 Å². The lowest BCUT2D eigenvalue weighted by molar-refractivity contribution is 0.0701. The van der Waals surface area contributed by atoms with Gasteiger partial charge in [-0.05, 0) is 5.53 Å². The van der Waals surface area contributed by atoms with E-state index in [0.717, 1.165) is 0 Å². The van der Waals surface area contributed by atoms with Crippen LogP contribution in [0.2, 0.25) is 0 Å². The number of halogens is 1. The van der Waals surface area contributed by atoms with Crippen molar-refractivity contribution in [1.82, 2.24) is 0 Å². The van der Waals surface area contributed by atoms with Crippen molar-refractivity contribution in [3.8, 4) is 0 Å². The highest BCUT2D eigenvalue weighted by molar-refractivity contribution is 6.17. The van der Waals surface area contributed by atoms with Crippen molar-refractivity contribution in [1.29, 1.82) is 0 Å². The van der Waals surface area contributed by atoms with Crippen LogP contribution in [0.5, 0.6) is 0 Å². The molecule has 0 saturated heterocycles. The van der Waals surface area contributed by atoms with Crippen LogP contribution in [-0.2, 0) is 9.47 Å². The molecule has 0 bridgehead atoms. The largest absolute Gasteiger partial charge is 0.509 e. The molecule has 0 aliphatic rings. The molecule has 0 aromatic heterocycles. The molecule has 0 heterocycles. The van der Waals surface area contributed by atoms with E-state index in [1.807, 2.05) is 0 Å². The quantitative estimate of drug-likeness (QED) is 0.164. The van der Waals surface area contributed by atoms with Crippen molar-refractivity contribution in [2.24, 2.45) is 5.11 Å². The van der Waals surface area contributed by atoms with Gasteiger partial charge in [-0.25, -0.2) is 4.79 Å². The van der Waals surface area contributed by atoms with Gasteiger partial charge in [0.05, 0.1) is 6.54 Å². The lowest BCUT2D eigenvalue weighted by Crippen LogP contribution is -2.08. The summed E-state index contributed by atoms with van der Waals surface area (Å²) in [7, 11) is 0. The van der Waals surface area contributed by atoms with E-state index >= 15 is 0 Å². The number of azide groups is 1. The van der Waals surface area contributed by atoms with E-state index in [4.69, 9.17) is 17.1 Å². The van der Waals surface area contributed by atoms with Gasteiger partial charge in [-0.2, -0.15) is 0 Å². The van der Waals surface area contributed by atoms with Gasteiger partial charge in [0.2, 0.25) is 0 Å². The molecule has 6 nitrogen and oxygen atoms in total. The van der Waals surface area contributed by atoms with Crippen LogP contribution in [0.25, 0.3) is 10.4 Å². The maximum Gasteiger partial charge on any atom is 0.509 e. The molecule has 62 valence electrons. The minimum atomic E-state index is -0.867. The molecule has 0 aromatic carbocycles. The second kappa shape index (κ2) is 6.98. The predicted octanol–water partition coefficient (Wildman–Crippen LogP) is 1.65. The van der Waals surface area contributed by atoms with Gasteiger partial charge in [0, 0.05) is 4.91 Å². The Bertz CT molecular complexity index is 168. The summed E-state index contributed by atoms with van der Waals surface area (Å²) in [4.78, 5) is 12.8. The number of carbonyl (C=O) groups is 1. The fourth-order valence-corrected chi connectivity index (χ4v) is 0.390. The smallest absolute Gasteiger partial charge is 0.434 e. The predicted molar refractivity (Wildman–Crippen MR) is 37.2 cm³/mol. The van der Waals surface area contributed by atoms with Crippen LogP contribution in [0.1, 0.15) is 0 Å². The van der Waals surface area contributed by atoms with Crippen molar-refractivity contribution in [3.63, 3.8) is 0 Å². The summed E-state index contributed by atoms with van der Waals surface area (Å²) >= 11 is 5.03. The summed E-state index contributed by atoms with van der Waals surface area (Å²) in [5.74, 6) is 0. The third kappa shape index (κ3) is 6.76. The summed E-state index contributed by atoms with van der Waals surface area (Å²) in [5, 5.41) is 3.12. The number of hydrogen-bond acceptors (Lipinski definition) is 4. The molecule has 7 heteroatoms. The second-order valence-electron chi connectivity index (χ2n) is 1.31. The molecule has 0 saturated carbocycles. The minimum absolute atomic E-state index is 0.000216. The van der Waals surface area contributed by atoms with Gasteiger partial charge in [-0.15, -0.1) is 0 Å². The normalized spacial score (nSPS) is 8.09. The molecular weight excluding hydrogens is 174 g/mol. The Kier molecular flexibility index (Phi) is 6.27. The molecule has 0 fully saturated rings. The van der Waals surface area contributed by atoms with Crippen molar-refractivity contribution >= 4 is 17.8 Å². The van der Waals surface area contributed by atoms with Gasteiger partial charge in [0.25, 0.3) is 0 Å². The third-order valence-corrected chi connectivity index (χ3v) is 0.756.